The molecule has 0 unspecified atom stereocenters. The van der Waals surface area contributed by atoms with Crippen molar-refractivity contribution in [3.05, 3.63) is 144 Å². The van der Waals surface area contributed by atoms with Crippen molar-refractivity contribution in [2.24, 2.45) is 0 Å². The molecule has 42 heavy (non-hydrogen) atoms. The quantitative estimate of drug-likeness (QED) is 0.130. The summed E-state index contributed by atoms with van der Waals surface area (Å²) in [4.78, 5) is 15.7. The maximum Gasteiger partial charge on any atom is 0.252 e. The first kappa shape index (κ1) is 31.3. The number of carbonyl (C=O) groups is 1. The van der Waals surface area contributed by atoms with Crippen LogP contribution in [0.5, 0.6) is 0 Å². The zero-order chi connectivity index (χ0) is 29.8. The van der Waals surface area contributed by atoms with Crippen LogP contribution in [-0.4, -0.2) is 43.8 Å². The summed E-state index contributed by atoms with van der Waals surface area (Å²) in [6.45, 7) is 8.45. The largest absolute Gasteiger partial charge is 0.343 e. The van der Waals surface area contributed by atoms with Crippen LogP contribution < -0.4 is 0 Å². The molecule has 0 spiro atoms. The average Bonchev–Trinajstić information content (AvgIpc) is 3.03. The summed E-state index contributed by atoms with van der Waals surface area (Å²) in [5.41, 5.74) is 3.54. The zero-order valence-electron chi connectivity index (χ0n) is 25.1. The fourth-order valence-corrected chi connectivity index (χ4v) is 5.89. The Balaban J connectivity index is 2.07. The fraction of sp³-hybridized carbons (Fsp3) is 0.324. The lowest BCUT2D eigenvalue weighted by Gasteiger charge is -2.47. The highest BCUT2D eigenvalue weighted by molar-refractivity contribution is 5.95. The van der Waals surface area contributed by atoms with E-state index >= 15 is 4.79 Å². The summed E-state index contributed by atoms with van der Waals surface area (Å²) >= 11 is 0. The van der Waals surface area contributed by atoms with Gasteiger partial charge in [-0.3, -0.25) is 4.79 Å². The predicted octanol–water partition coefficient (Wildman–Crippen LogP) is 7.76. The van der Waals surface area contributed by atoms with Gasteiger partial charge in [0.1, 0.15) is 0 Å². The van der Waals surface area contributed by atoms with Crippen molar-refractivity contribution in [1.29, 1.82) is 0 Å². The lowest BCUT2D eigenvalue weighted by atomic mass is 9.74. The molecule has 4 aromatic carbocycles. The zero-order valence-corrected chi connectivity index (χ0v) is 25.1. The third kappa shape index (κ3) is 6.40. The number of ketones is 1. The molecule has 0 aliphatic rings. The summed E-state index contributed by atoms with van der Waals surface area (Å²) < 4.78 is 26.4. The SMILES string of the molecule is CCOC(OCC)(C(=O)C(OCC)(OCC)C(c1ccccc1)c1ccccc1)C(c1ccccc1)c1ccccc1. The maximum absolute atomic E-state index is 15.7. The van der Waals surface area contributed by atoms with E-state index in [0.29, 0.717) is 0 Å². The summed E-state index contributed by atoms with van der Waals surface area (Å²) in [7, 11) is 0. The molecular formula is C37H42O5. The molecule has 5 nitrogen and oxygen atoms in total. The first-order valence-corrected chi connectivity index (χ1v) is 14.9. The van der Waals surface area contributed by atoms with Crippen molar-refractivity contribution in [2.75, 3.05) is 26.4 Å². The van der Waals surface area contributed by atoms with Gasteiger partial charge in [0.25, 0.3) is 5.78 Å². The van der Waals surface area contributed by atoms with Gasteiger partial charge in [0.15, 0.2) is 0 Å². The van der Waals surface area contributed by atoms with Crippen molar-refractivity contribution in [3.8, 4) is 0 Å². The van der Waals surface area contributed by atoms with E-state index < -0.39 is 29.2 Å². The molecule has 0 saturated heterocycles. The van der Waals surface area contributed by atoms with E-state index in [9.17, 15) is 0 Å². The number of rotatable bonds is 16. The van der Waals surface area contributed by atoms with Crippen LogP contribution in [0, 0.1) is 0 Å². The van der Waals surface area contributed by atoms with Crippen molar-refractivity contribution >= 4 is 5.78 Å². The number of benzene rings is 4. The van der Waals surface area contributed by atoms with Gasteiger partial charge in [-0.2, -0.15) is 0 Å². The van der Waals surface area contributed by atoms with Crippen LogP contribution in [0.1, 0.15) is 61.8 Å². The van der Waals surface area contributed by atoms with E-state index in [4.69, 9.17) is 18.9 Å². The Morgan fingerprint density at radius 1 is 0.452 bits per heavy atom. The second kappa shape index (κ2) is 15.0. The predicted molar refractivity (Wildman–Crippen MR) is 166 cm³/mol. The van der Waals surface area contributed by atoms with Crippen molar-refractivity contribution in [1.82, 2.24) is 0 Å². The Bertz CT molecular complexity index is 1150. The van der Waals surface area contributed by atoms with Gasteiger partial charge in [-0.1, -0.05) is 121 Å². The fourth-order valence-electron chi connectivity index (χ4n) is 5.89. The van der Waals surface area contributed by atoms with Gasteiger partial charge in [-0.05, 0) is 49.9 Å². The van der Waals surface area contributed by atoms with Crippen LogP contribution >= 0.6 is 0 Å². The van der Waals surface area contributed by atoms with Crippen molar-refractivity contribution in [3.63, 3.8) is 0 Å². The highest BCUT2D eigenvalue weighted by atomic mass is 16.7. The topological polar surface area (TPSA) is 54.0 Å². The Labute approximate surface area is 250 Å². The first-order chi connectivity index (χ1) is 20.6. The molecule has 0 bridgehead atoms. The normalized spacial score (nSPS) is 12.1. The molecule has 0 amide bonds. The molecule has 0 atom stereocenters. The lowest BCUT2D eigenvalue weighted by Crippen LogP contribution is -2.63. The Hall–Kier alpha value is -3.61. The smallest absolute Gasteiger partial charge is 0.252 e. The summed E-state index contributed by atoms with van der Waals surface area (Å²) in [5, 5.41) is 0. The third-order valence-electron chi connectivity index (χ3n) is 7.36. The van der Waals surface area contributed by atoms with E-state index in [1.165, 1.54) is 0 Å². The molecule has 0 aliphatic heterocycles. The molecule has 4 rings (SSSR count). The van der Waals surface area contributed by atoms with Gasteiger partial charge in [-0.25, -0.2) is 0 Å². The van der Waals surface area contributed by atoms with Gasteiger partial charge < -0.3 is 18.9 Å². The van der Waals surface area contributed by atoms with Crippen LogP contribution in [0.2, 0.25) is 0 Å². The average molecular weight is 567 g/mol. The van der Waals surface area contributed by atoms with E-state index in [0.717, 1.165) is 22.3 Å². The molecule has 0 radical (unpaired) electrons. The molecule has 0 heterocycles. The Kier molecular flexibility index (Phi) is 11.2. The first-order valence-electron chi connectivity index (χ1n) is 14.9. The molecule has 0 fully saturated rings. The van der Waals surface area contributed by atoms with Gasteiger partial charge in [0, 0.05) is 26.4 Å². The second-order valence-corrected chi connectivity index (χ2v) is 9.90. The molecule has 0 aromatic heterocycles. The Morgan fingerprint density at radius 2 is 0.667 bits per heavy atom. The number of Topliss-reactive ketones (excluding diaryl/α,β-unsaturated/α-hetero) is 1. The van der Waals surface area contributed by atoms with Crippen molar-refractivity contribution < 1.29 is 23.7 Å². The van der Waals surface area contributed by atoms with Gasteiger partial charge in [-0.15, -0.1) is 0 Å². The number of hydrogen-bond acceptors (Lipinski definition) is 5. The van der Waals surface area contributed by atoms with Gasteiger partial charge in [0.05, 0.1) is 11.8 Å². The maximum atomic E-state index is 15.7. The minimum atomic E-state index is -1.78. The van der Waals surface area contributed by atoms with Crippen LogP contribution in [0.15, 0.2) is 121 Å². The van der Waals surface area contributed by atoms with Crippen LogP contribution in [0.3, 0.4) is 0 Å². The molecular weight excluding hydrogens is 524 g/mol. The van der Waals surface area contributed by atoms with Gasteiger partial charge in [0.2, 0.25) is 11.6 Å². The highest BCUT2D eigenvalue weighted by Gasteiger charge is 2.62. The molecule has 0 N–H and O–H groups in total. The monoisotopic (exact) mass is 566 g/mol. The molecule has 5 heteroatoms. The lowest BCUT2D eigenvalue weighted by molar-refractivity contribution is -0.283. The minimum absolute atomic E-state index is 0.234. The molecule has 4 aromatic rings. The highest BCUT2D eigenvalue weighted by Crippen LogP contribution is 2.48. The van der Waals surface area contributed by atoms with Crippen LogP contribution in [0.4, 0.5) is 0 Å². The summed E-state index contributed by atoms with van der Waals surface area (Å²) in [5.74, 6) is -5.20. The Morgan fingerprint density at radius 3 is 0.857 bits per heavy atom. The standard InChI is InChI=1S/C37H42O5/c1-5-39-36(40-6-2,33(29-21-13-9-14-22-29)30-23-15-10-16-24-30)35(38)37(41-7-3,42-8-4)34(31-25-17-11-18-26-31)32-27-19-12-20-28-32/h9-28,33-34H,5-8H2,1-4H3. The summed E-state index contributed by atoms with van der Waals surface area (Å²) in [6, 6.07) is 39.6. The van der Waals surface area contributed by atoms with Crippen LogP contribution in [-0.2, 0) is 23.7 Å². The molecule has 0 saturated carbocycles. The van der Waals surface area contributed by atoms with E-state index in [1.807, 2.05) is 149 Å². The number of hydrogen-bond donors (Lipinski definition) is 0. The van der Waals surface area contributed by atoms with Crippen molar-refractivity contribution in [2.45, 2.75) is 51.1 Å². The van der Waals surface area contributed by atoms with E-state index in [2.05, 4.69) is 0 Å². The second-order valence-electron chi connectivity index (χ2n) is 9.90. The minimum Gasteiger partial charge on any atom is -0.343 e. The van der Waals surface area contributed by atoms with E-state index in [1.54, 1.807) is 0 Å². The molecule has 220 valence electrons. The number of carbonyl (C=O) groups excluding carboxylic acids is 1. The number of ether oxygens (including phenoxy) is 4. The van der Waals surface area contributed by atoms with Crippen LogP contribution in [0.25, 0.3) is 0 Å². The van der Waals surface area contributed by atoms with E-state index in [-0.39, 0.29) is 26.4 Å². The third-order valence-corrected chi connectivity index (χ3v) is 7.36. The molecule has 0 aliphatic carbocycles. The summed E-state index contributed by atoms with van der Waals surface area (Å²) in [6.07, 6.45) is 0. The van der Waals surface area contributed by atoms with Gasteiger partial charge >= 0.3 is 0 Å².